The number of aryl methyl sites for hydroxylation is 1. The molecule has 1 N–H and O–H groups in total. The molecule has 3 heteroatoms. The zero-order chi connectivity index (χ0) is 9.90. The number of hydrogen-bond acceptors (Lipinski definition) is 1. The van der Waals surface area contributed by atoms with Crippen LogP contribution in [0.1, 0.15) is 11.1 Å². The van der Waals surface area contributed by atoms with E-state index in [2.05, 4.69) is 0 Å². The summed E-state index contributed by atoms with van der Waals surface area (Å²) in [5.74, 6) is 0. The normalized spacial score (nSPS) is 11.7. The highest BCUT2D eigenvalue weighted by atomic mass is 19.1. The molecule has 0 aliphatic heterocycles. The minimum atomic E-state index is -1.97. The monoisotopic (exact) mass is 186 g/mol. The Morgan fingerprint density at radius 2 is 1.92 bits per heavy atom. The van der Waals surface area contributed by atoms with E-state index < -0.39 is 19.0 Å². The summed E-state index contributed by atoms with van der Waals surface area (Å²) in [6, 6.07) is 6.58. The third-order valence-electron chi connectivity index (χ3n) is 2.00. The van der Waals surface area contributed by atoms with Gasteiger partial charge in [0.25, 0.3) is 0 Å². The Balaban J connectivity index is 3.05. The van der Waals surface area contributed by atoms with Crippen molar-refractivity contribution in [3.63, 3.8) is 0 Å². The topological polar surface area (TPSA) is 20.2 Å². The fourth-order valence-electron chi connectivity index (χ4n) is 1.12. The molecule has 0 fully saturated rings. The molecule has 0 heterocycles. The van der Waals surface area contributed by atoms with E-state index in [1.165, 1.54) is 6.07 Å². The maximum Gasteiger partial charge on any atom is 0.146 e. The maximum atomic E-state index is 12.4. The van der Waals surface area contributed by atoms with E-state index in [0.717, 1.165) is 5.56 Å². The quantitative estimate of drug-likeness (QED) is 0.766. The first-order valence-electron chi connectivity index (χ1n) is 4.04. The van der Waals surface area contributed by atoms with Crippen LogP contribution in [0.15, 0.2) is 24.3 Å². The highest BCUT2D eigenvalue weighted by molar-refractivity contribution is 5.27. The van der Waals surface area contributed by atoms with Crippen LogP contribution < -0.4 is 0 Å². The Morgan fingerprint density at radius 3 is 2.38 bits per heavy atom. The molecule has 1 aromatic rings. The molecule has 0 unspecified atom stereocenters. The average molecular weight is 186 g/mol. The number of hydrogen-bond donors (Lipinski definition) is 1. The van der Waals surface area contributed by atoms with Crippen LogP contribution in [0.2, 0.25) is 0 Å². The number of aliphatic hydroxyl groups is 1. The molecule has 0 aliphatic rings. The smallest absolute Gasteiger partial charge is 0.146 e. The zero-order valence-corrected chi connectivity index (χ0v) is 7.43. The Labute approximate surface area is 76.0 Å². The van der Waals surface area contributed by atoms with Crippen LogP contribution in [0.3, 0.4) is 0 Å². The van der Waals surface area contributed by atoms with Crippen molar-refractivity contribution in [2.24, 2.45) is 0 Å². The third-order valence-corrected chi connectivity index (χ3v) is 2.00. The first-order valence-corrected chi connectivity index (χ1v) is 4.04. The van der Waals surface area contributed by atoms with Crippen molar-refractivity contribution in [1.82, 2.24) is 0 Å². The van der Waals surface area contributed by atoms with Crippen LogP contribution >= 0.6 is 0 Å². The van der Waals surface area contributed by atoms with E-state index in [1.807, 2.05) is 0 Å². The summed E-state index contributed by atoms with van der Waals surface area (Å²) in [5.41, 5.74) is -0.804. The molecule has 0 amide bonds. The van der Waals surface area contributed by atoms with Gasteiger partial charge in [-0.1, -0.05) is 29.8 Å². The SMILES string of the molecule is Cc1cccc(C(O)(CF)CF)c1. The van der Waals surface area contributed by atoms with Gasteiger partial charge in [-0.15, -0.1) is 0 Å². The number of benzene rings is 1. The molecule has 0 bridgehead atoms. The van der Waals surface area contributed by atoms with Gasteiger partial charge in [-0.3, -0.25) is 0 Å². The molecule has 1 rings (SSSR count). The van der Waals surface area contributed by atoms with Crippen LogP contribution in [-0.4, -0.2) is 18.5 Å². The molecule has 1 nitrogen and oxygen atoms in total. The van der Waals surface area contributed by atoms with Crippen molar-refractivity contribution in [2.75, 3.05) is 13.3 Å². The van der Waals surface area contributed by atoms with Gasteiger partial charge in [0.15, 0.2) is 0 Å². The second-order valence-corrected chi connectivity index (χ2v) is 3.17. The van der Waals surface area contributed by atoms with Gasteiger partial charge in [0.2, 0.25) is 0 Å². The summed E-state index contributed by atoms with van der Waals surface area (Å²) in [6.45, 7) is -0.402. The van der Waals surface area contributed by atoms with Gasteiger partial charge in [0, 0.05) is 0 Å². The van der Waals surface area contributed by atoms with Gasteiger partial charge in [-0.05, 0) is 12.5 Å². The summed E-state index contributed by atoms with van der Waals surface area (Å²) in [6.07, 6.45) is 0. The third kappa shape index (κ3) is 2.04. The molecule has 0 aliphatic carbocycles. The first kappa shape index (κ1) is 10.1. The molecular weight excluding hydrogens is 174 g/mol. The Kier molecular flexibility index (Phi) is 2.98. The fraction of sp³-hybridized carbons (Fsp3) is 0.400. The summed E-state index contributed by atoms with van der Waals surface area (Å²) in [7, 11) is 0. The van der Waals surface area contributed by atoms with Crippen LogP contribution in [0, 0.1) is 6.92 Å². The molecule has 72 valence electrons. The van der Waals surface area contributed by atoms with E-state index in [0.29, 0.717) is 0 Å². The van der Waals surface area contributed by atoms with E-state index in [9.17, 15) is 13.9 Å². The van der Waals surface area contributed by atoms with Gasteiger partial charge in [-0.2, -0.15) is 0 Å². The van der Waals surface area contributed by atoms with Crippen LogP contribution in [0.4, 0.5) is 8.78 Å². The molecule has 0 aromatic heterocycles. The van der Waals surface area contributed by atoms with Crippen molar-refractivity contribution in [1.29, 1.82) is 0 Å². The highest BCUT2D eigenvalue weighted by Crippen LogP contribution is 2.23. The van der Waals surface area contributed by atoms with E-state index >= 15 is 0 Å². The maximum absolute atomic E-state index is 12.4. The van der Waals surface area contributed by atoms with Gasteiger partial charge in [-0.25, -0.2) is 8.78 Å². The first-order chi connectivity index (χ1) is 6.12. The number of halogens is 2. The lowest BCUT2D eigenvalue weighted by molar-refractivity contribution is -0.0111. The van der Waals surface area contributed by atoms with Crippen LogP contribution in [0.5, 0.6) is 0 Å². The summed E-state index contributed by atoms with van der Waals surface area (Å²) < 4.78 is 24.7. The second-order valence-electron chi connectivity index (χ2n) is 3.17. The predicted octanol–water partition coefficient (Wildman–Crippen LogP) is 2.12. The summed E-state index contributed by atoms with van der Waals surface area (Å²) in [5, 5.41) is 9.47. The van der Waals surface area contributed by atoms with Crippen molar-refractivity contribution in [3.05, 3.63) is 35.4 Å². The Morgan fingerprint density at radius 1 is 1.31 bits per heavy atom. The minimum Gasteiger partial charge on any atom is -0.380 e. The van der Waals surface area contributed by atoms with E-state index in [1.54, 1.807) is 25.1 Å². The van der Waals surface area contributed by atoms with Gasteiger partial charge in [0.05, 0.1) is 0 Å². The largest absolute Gasteiger partial charge is 0.380 e. The predicted molar refractivity (Wildman–Crippen MR) is 47.0 cm³/mol. The van der Waals surface area contributed by atoms with Gasteiger partial charge in [0.1, 0.15) is 19.0 Å². The zero-order valence-electron chi connectivity index (χ0n) is 7.43. The minimum absolute atomic E-state index is 0.289. The van der Waals surface area contributed by atoms with Crippen molar-refractivity contribution in [2.45, 2.75) is 12.5 Å². The van der Waals surface area contributed by atoms with Crippen molar-refractivity contribution >= 4 is 0 Å². The van der Waals surface area contributed by atoms with Gasteiger partial charge >= 0.3 is 0 Å². The highest BCUT2D eigenvalue weighted by Gasteiger charge is 2.29. The van der Waals surface area contributed by atoms with Crippen molar-refractivity contribution < 1.29 is 13.9 Å². The molecule has 1 aromatic carbocycles. The Hall–Kier alpha value is -0.960. The van der Waals surface area contributed by atoms with Crippen LogP contribution in [-0.2, 0) is 5.60 Å². The number of alkyl halides is 2. The molecule has 13 heavy (non-hydrogen) atoms. The molecule has 0 saturated heterocycles. The molecular formula is C10H12F2O. The van der Waals surface area contributed by atoms with Gasteiger partial charge < -0.3 is 5.11 Å². The summed E-state index contributed by atoms with van der Waals surface area (Å²) in [4.78, 5) is 0. The van der Waals surface area contributed by atoms with Crippen molar-refractivity contribution in [3.8, 4) is 0 Å². The lowest BCUT2D eigenvalue weighted by Gasteiger charge is -2.21. The van der Waals surface area contributed by atoms with E-state index in [4.69, 9.17) is 0 Å². The van der Waals surface area contributed by atoms with E-state index in [-0.39, 0.29) is 5.56 Å². The van der Waals surface area contributed by atoms with Crippen LogP contribution in [0.25, 0.3) is 0 Å². The molecule has 0 spiro atoms. The molecule has 0 atom stereocenters. The molecule has 0 radical (unpaired) electrons. The Bertz CT molecular complexity index is 282. The fourth-order valence-corrected chi connectivity index (χ4v) is 1.12. The summed E-state index contributed by atoms with van der Waals surface area (Å²) >= 11 is 0. The standard InChI is InChI=1S/C10H12F2O/c1-8-3-2-4-9(5-8)10(13,6-11)7-12/h2-5,13H,6-7H2,1H3. The lowest BCUT2D eigenvalue weighted by atomic mass is 9.95. The average Bonchev–Trinajstić information content (AvgIpc) is 2.17. The molecule has 0 saturated carbocycles. The second kappa shape index (κ2) is 3.83. The lowest BCUT2D eigenvalue weighted by Crippen LogP contribution is -2.30. The number of rotatable bonds is 3.